The molecule has 0 saturated carbocycles. The Morgan fingerprint density at radius 2 is 1.75 bits per heavy atom. The summed E-state index contributed by atoms with van der Waals surface area (Å²) in [6, 6.07) is 11.9. The molecule has 1 spiro atoms. The monoisotopic (exact) mass is 558 g/mol. The first-order valence-corrected chi connectivity index (χ1v) is 14.1. The number of pyridine rings is 1. The van der Waals surface area contributed by atoms with Crippen LogP contribution in [-0.2, 0) is 7.05 Å². The minimum Gasteiger partial charge on any atom is -0.507 e. The zero-order valence-corrected chi connectivity index (χ0v) is 24.1. The van der Waals surface area contributed by atoms with Crippen molar-refractivity contribution in [3.63, 3.8) is 0 Å². The molecule has 40 heavy (non-hydrogen) atoms. The summed E-state index contributed by atoms with van der Waals surface area (Å²) >= 11 is 6.64. The predicted molar refractivity (Wildman–Crippen MR) is 162 cm³/mol. The number of hydrogen-bond donors (Lipinski definition) is 2. The van der Waals surface area contributed by atoms with Gasteiger partial charge in [0, 0.05) is 73.5 Å². The topological polar surface area (TPSA) is 92.5 Å². The van der Waals surface area contributed by atoms with Gasteiger partial charge in [0.2, 0.25) is 0 Å². The maximum Gasteiger partial charge on any atom is 0.332 e. The van der Waals surface area contributed by atoms with E-state index in [-0.39, 0.29) is 17.0 Å². The van der Waals surface area contributed by atoms with Gasteiger partial charge in [0.1, 0.15) is 11.6 Å². The predicted octanol–water partition coefficient (Wildman–Crippen LogP) is 5.22. The second-order valence-electron chi connectivity index (χ2n) is 11.5. The molecule has 2 saturated heterocycles. The molecule has 9 heteroatoms. The molecule has 6 rings (SSSR count). The van der Waals surface area contributed by atoms with Gasteiger partial charge in [0.05, 0.1) is 16.4 Å². The summed E-state index contributed by atoms with van der Waals surface area (Å²) in [5.74, 6) is 0.647. The maximum atomic E-state index is 12.4. The van der Waals surface area contributed by atoms with Gasteiger partial charge in [-0.25, -0.2) is 9.78 Å². The molecule has 0 amide bonds. The number of aromatic hydroxyl groups is 1. The normalized spacial score (nSPS) is 19.1. The van der Waals surface area contributed by atoms with Crippen LogP contribution in [0.5, 0.6) is 5.75 Å². The average molecular weight is 559 g/mol. The van der Waals surface area contributed by atoms with E-state index < -0.39 is 0 Å². The standard InChI is InChI=1S/C31H35ClN6O2/c1-19(2)38-10-8-31(38)7-9-36(18-31)27-16-22(17-34-29(27)33)24-14-20(3)13-23(28(24)39)21-5-6-26(25(32)15-21)37-12-11-35(4)30(37)40/h5-6,11-17,19,39H,7-10,18H2,1-4H3,(H2,33,34). The van der Waals surface area contributed by atoms with Gasteiger partial charge in [-0.2, -0.15) is 0 Å². The Bertz CT molecular complexity index is 1680. The molecular weight excluding hydrogens is 524 g/mol. The molecule has 2 fully saturated rings. The zero-order chi connectivity index (χ0) is 28.3. The van der Waals surface area contributed by atoms with Crippen molar-refractivity contribution in [1.82, 2.24) is 19.0 Å². The first-order chi connectivity index (χ1) is 19.1. The third-order valence-corrected chi connectivity index (χ3v) is 8.95. The number of halogens is 1. The Morgan fingerprint density at radius 3 is 2.38 bits per heavy atom. The van der Waals surface area contributed by atoms with E-state index in [0.717, 1.165) is 48.4 Å². The number of benzene rings is 2. The van der Waals surface area contributed by atoms with Gasteiger partial charge in [-0.15, -0.1) is 0 Å². The van der Waals surface area contributed by atoms with Crippen LogP contribution in [0.2, 0.25) is 5.02 Å². The molecule has 208 valence electrons. The van der Waals surface area contributed by atoms with E-state index in [1.807, 2.05) is 25.1 Å². The molecule has 4 aromatic rings. The molecule has 0 bridgehead atoms. The molecule has 4 heterocycles. The molecule has 3 N–H and O–H groups in total. The molecule has 0 aliphatic carbocycles. The van der Waals surface area contributed by atoms with E-state index in [1.54, 1.807) is 37.8 Å². The number of phenolic OH excluding ortho intramolecular Hbond substituents is 1. The summed E-state index contributed by atoms with van der Waals surface area (Å²) in [6.45, 7) is 9.53. The Labute approximate surface area is 239 Å². The van der Waals surface area contributed by atoms with Crippen molar-refractivity contribution in [2.45, 2.75) is 45.2 Å². The molecule has 1 unspecified atom stereocenters. The van der Waals surface area contributed by atoms with E-state index in [4.69, 9.17) is 17.3 Å². The van der Waals surface area contributed by atoms with Crippen molar-refractivity contribution in [1.29, 1.82) is 0 Å². The third-order valence-electron chi connectivity index (χ3n) is 8.65. The van der Waals surface area contributed by atoms with E-state index in [2.05, 4.69) is 34.7 Å². The zero-order valence-electron chi connectivity index (χ0n) is 23.4. The molecule has 2 aromatic heterocycles. The van der Waals surface area contributed by atoms with Crippen LogP contribution in [0.3, 0.4) is 0 Å². The quantitative estimate of drug-likeness (QED) is 0.349. The fourth-order valence-corrected chi connectivity index (χ4v) is 6.74. The molecule has 2 aliphatic rings. The van der Waals surface area contributed by atoms with Gasteiger partial charge in [-0.3, -0.25) is 9.47 Å². The largest absolute Gasteiger partial charge is 0.507 e. The Morgan fingerprint density at radius 1 is 1.02 bits per heavy atom. The third kappa shape index (κ3) is 4.26. The lowest BCUT2D eigenvalue weighted by Crippen LogP contribution is -2.63. The lowest BCUT2D eigenvalue weighted by atomic mass is 9.82. The Balaban J connectivity index is 1.35. The van der Waals surface area contributed by atoms with Crippen molar-refractivity contribution in [2.75, 3.05) is 30.3 Å². The SMILES string of the molecule is Cc1cc(-c2ccc(-n3ccn(C)c3=O)c(Cl)c2)c(O)c(-c2cnc(N)c(N3CCC4(CCN4C(C)C)C3)c2)c1. The number of anilines is 2. The lowest BCUT2D eigenvalue weighted by Gasteiger charge is -2.53. The highest BCUT2D eigenvalue weighted by molar-refractivity contribution is 6.32. The van der Waals surface area contributed by atoms with Crippen molar-refractivity contribution < 1.29 is 5.11 Å². The van der Waals surface area contributed by atoms with Crippen LogP contribution >= 0.6 is 11.6 Å². The molecule has 0 radical (unpaired) electrons. The van der Waals surface area contributed by atoms with Crippen LogP contribution in [0, 0.1) is 6.92 Å². The van der Waals surface area contributed by atoms with Gasteiger partial charge >= 0.3 is 5.69 Å². The number of hydrogen-bond acceptors (Lipinski definition) is 6. The second kappa shape index (κ2) is 9.71. The molecule has 1 atom stereocenters. The molecule has 2 aliphatic heterocycles. The summed E-state index contributed by atoms with van der Waals surface area (Å²) in [7, 11) is 1.69. The number of nitrogens with two attached hydrogens (primary N) is 1. The van der Waals surface area contributed by atoms with Crippen LogP contribution in [-0.4, -0.2) is 55.3 Å². The van der Waals surface area contributed by atoms with Gasteiger partial charge < -0.3 is 20.3 Å². The Hall–Kier alpha value is -3.75. The molecular formula is C31H35ClN6O2. The van der Waals surface area contributed by atoms with E-state index >= 15 is 0 Å². The molecule has 2 aromatic carbocycles. The highest BCUT2D eigenvalue weighted by atomic mass is 35.5. The summed E-state index contributed by atoms with van der Waals surface area (Å²) in [6.07, 6.45) is 7.42. The number of rotatable bonds is 5. The fourth-order valence-electron chi connectivity index (χ4n) is 6.46. The maximum absolute atomic E-state index is 12.4. The molecule has 8 nitrogen and oxygen atoms in total. The van der Waals surface area contributed by atoms with Crippen molar-refractivity contribution in [3.05, 3.63) is 76.1 Å². The lowest BCUT2D eigenvalue weighted by molar-refractivity contribution is -0.0237. The van der Waals surface area contributed by atoms with Gasteiger partial charge in [-0.1, -0.05) is 17.7 Å². The number of imidazole rings is 1. The average Bonchev–Trinajstić information content (AvgIpc) is 3.50. The minimum atomic E-state index is -0.180. The van der Waals surface area contributed by atoms with Gasteiger partial charge in [0.25, 0.3) is 0 Å². The summed E-state index contributed by atoms with van der Waals surface area (Å²) in [4.78, 5) is 21.9. The number of aryl methyl sites for hydroxylation is 2. The first-order valence-electron chi connectivity index (χ1n) is 13.7. The fraction of sp³-hybridized carbons (Fsp3) is 0.355. The Kier molecular flexibility index (Phi) is 6.43. The number of nitrogen functional groups attached to an aromatic ring is 1. The number of phenols is 1. The highest BCUT2D eigenvalue weighted by Gasteiger charge is 2.50. The van der Waals surface area contributed by atoms with Crippen molar-refractivity contribution in [3.8, 4) is 33.7 Å². The van der Waals surface area contributed by atoms with E-state index in [1.165, 1.54) is 15.6 Å². The summed E-state index contributed by atoms with van der Waals surface area (Å²) < 4.78 is 2.99. The van der Waals surface area contributed by atoms with Crippen LogP contribution in [0.1, 0.15) is 32.3 Å². The number of nitrogens with zero attached hydrogens (tertiary/aromatic N) is 5. The summed E-state index contributed by atoms with van der Waals surface area (Å²) in [5.41, 5.74) is 11.8. The van der Waals surface area contributed by atoms with E-state index in [9.17, 15) is 9.90 Å². The number of likely N-dealkylation sites (tertiary alicyclic amines) is 1. The van der Waals surface area contributed by atoms with Crippen LogP contribution in [0.4, 0.5) is 11.5 Å². The second-order valence-corrected chi connectivity index (χ2v) is 11.9. The summed E-state index contributed by atoms with van der Waals surface area (Å²) in [5, 5.41) is 11.9. The number of aromatic nitrogens is 3. The highest BCUT2D eigenvalue weighted by Crippen LogP contribution is 2.45. The van der Waals surface area contributed by atoms with Crippen LogP contribution in [0.15, 0.2) is 59.8 Å². The van der Waals surface area contributed by atoms with E-state index in [0.29, 0.717) is 33.7 Å². The van der Waals surface area contributed by atoms with Crippen LogP contribution < -0.4 is 16.3 Å². The van der Waals surface area contributed by atoms with Crippen molar-refractivity contribution >= 4 is 23.1 Å². The smallest absolute Gasteiger partial charge is 0.332 e. The van der Waals surface area contributed by atoms with Crippen molar-refractivity contribution in [2.24, 2.45) is 7.05 Å². The van der Waals surface area contributed by atoms with Gasteiger partial charge in [0.15, 0.2) is 0 Å². The van der Waals surface area contributed by atoms with Gasteiger partial charge in [-0.05, 0) is 75.1 Å². The first kappa shape index (κ1) is 26.5. The minimum absolute atomic E-state index is 0.145. The van der Waals surface area contributed by atoms with Crippen LogP contribution in [0.25, 0.3) is 27.9 Å².